The minimum atomic E-state index is -0.844. The first-order valence-electron chi connectivity index (χ1n) is 9.54. The molecule has 30 heavy (non-hydrogen) atoms. The summed E-state index contributed by atoms with van der Waals surface area (Å²) in [6.45, 7) is 2.50. The number of carbonyl (C=O) groups excluding carboxylic acids is 2. The van der Waals surface area contributed by atoms with Crippen LogP contribution >= 0.6 is 0 Å². The fourth-order valence-corrected chi connectivity index (χ4v) is 3.53. The maximum absolute atomic E-state index is 12.9. The van der Waals surface area contributed by atoms with E-state index in [0.29, 0.717) is 23.7 Å². The fraction of sp³-hybridized carbons (Fsp3) is 0.174. The molecule has 7 nitrogen and oxygen atoms in total. The van der Waals surface area contributed by atoms with Gasteiger partial charge in [0.1, 0.15) is 23.3 Å². The van der Waals surface area contributed by atoms with Crippen LogP contribution in [0.5, 0.6) is 5.75 Å². The van der Waals surface area contributed by atoms with Gasteiger partial charge < -0.3 is 19.2 Å². The van der Waals surface area contributed by atoms with Gasteiger partial charge in [-0.05, 0) is 48.9 Å². The Morgan fingerprint density at radius 2 is 1.97 bits per heavy atom. The van der Waals surface area contributed by atoms with Gasteiger partial charge in [0.15, 0.2) is 0 Å². The first kappa shape index (κ1) is 19.4. The normalized spacial score (nSPS) is 18.0. The molecule has 1 aliphatic rings. The molecule has 1 aromatic carbocycles. The Labute approximate surface area is 173 Å². The molecule has 0 aliphatic carbocycles. The molecule has 1 fully saturated rings. The van der Waals surface area contributed by atoms with Crippen LogP contribution in [0.25, 0.3) is 5.76 Å². The summed E-state index contributed by atoms with van der Waals surface area (Å²) in [5, 5.41) is 11.0. The van der Waals surface area contributed by atoms with Crippen LogP contribution in [-0.4, -0.2) is 33.3 Å². The second-order valence-electron chi connectivity index (χ2n) is 6.76. The number of hydrogen-bond donors (Lipinski definition) is 1. The Morgan fingerprint density at radius 1 is 1.17 bits per heavy atom. The van der Waals surface area contributed by atoms with E-state index in [1.165, 1.54) is 11.2 Å². The lowest BCUT2D eigenvalue weighted by atomic mass is 9.99. The number of aliphatic hydroxyl groups excluding tert-OH is 1. The van der Waals surface area contributed by atoms with Crippen LogP contribution in [0.2, 0.25) is 0 Å². The van der Waals surface area contributed by atoms with E-state index in [1.807, 2.05) is 6.92 Å². The number of amides is 1. The standard InChI is InChI=1S/C23H20N2O5/c1-2-29-17-6-3-5-16(13-17)21(26)19-20(18-7-4-12-30-18)25(23(28)22(19)27)14-15-8-10-24-11-9-15/h3-13,20,26H,2,14H2,1H3. The lowest BCUT2D eigenvalue weighted by Gasteiger charge is -2.23. The Kier molecular flexibility index (Phi) is 5.34. The highest BCUT2D eigenvalue weighted by molar-refractivity contribution is 6.46. The van der Waals surface area contributed by atoms with Gasteiger partial charge in [0.05, 0.1) is 18.4 Å². The number of Topliss-reactive ketones (excluding diaryl/α,β-unsaturated/α-hetero) is 1. The summed E-state index contributed by atoms with van der Waals surface area (Å²) in [6.07, 6.45) is 4.71. The molecule has 0 radical (unpaired) electrons. The third-order valence-corrected chi connectivity index (χ3v) is 4.87. The molecule has 1 saturated heterocycles. The van der Waals surface area contributed by atoms with E-state index in [-0.39, 0.29) is 17.9 Å². The Morgan fingerprint density at radius 3 is 2.67 bits per heavy atom. The number of pyridine rings is 1. The number of aromatic nitrogens is 1. The molecule has 3 heterocycles. The number of aliphatic hydroxyl groups is 1. The van der Waals surface area contributed by atoms with Gasteiger partial charge in [-0.25, -0.2) is 0 Å². The number of hydrogen-bond acceptors (Lipinski definition) is 6. The van der Waals surface area contributed by atoms with Crippen LogP contribution in [0.1, 0.15) is 29.9 Å². The predicted octanol–water partition coefficient (Wildman–Crippen LogP) is 3.70. The van der Waals surface area contributed by atoms with Crippen molar-refractivity contribution >= 4 is 17.4 Å². The smallest absolute Gasteiger partial charge is 0.296 e. The molecule has 0 saturated carbocycles. The van der Waals surface area contributed by atoms with Gasteiger partial charge in [-0.1, -0.05) is 12.1 Å². The molecule has 1 amide bonds. The highest BCUT2D eigenvalue weighted by atomic mass is 16.5. The van der Waals surface area contributed by atoms with Crippen LogP contribution < -0.4 is 4.74 Å². The van der Waals surface area contributed by atoms with E-state index < -0.39 is 17.7 Å². The molecule has 7 heteroatoms. The summed E-state index contributed by atoms with van der Waals surface area (Å²) < 4.78 is 11.0. The zero-order chi connectivity index (χ0) is 21.1. The number of carbonyl (C=O) groups is 2. The predicted molar refractivity (Wildman–Crippen MR) is 108 cm³/mol. The van der Waals surface area contributed by atoms with Gasteiger partial charge in [0.2, 0.25) is 0 Å². The summed E-state index contributed by atoms with van der Waals surface area (Å²) in [5.74, 6) is -0.776. The maximum Gasteiger partial charge on any atom is 0.296 e. The van der Waals surface area contributed by atoms with Crippen LogP contribution in [0.3, 0.4) is 0 Å². The first-order chi connectivity index (χ1) is 14.6. The van der Waals surface area contributed by atoms with E-state index in [0.717, 1.165) is 5.56 Å². The van der Waals surface area contributed by atoms with Crippen molar-refractivity contribution in [3.05, 3.63) is 89.6 Å². The molecular weight excluding hydrogens is 384 g/mol. The Bertz CT molecular complexity index is 1090. The van der Waals surface area contributed by atoms with Gasteiger partial charge >= 0.3 is 0 Å². The summed E-state index contributed by atoms with van der Waals surface area (Å²) >= 11 is 0. The summed E-state index contributed by atoms with van der Waals surface area (Å²) in [5.41, 5.74) is 1.18. The number of benzene rings is 1. The minimum Gasteiger partial charge on any atom is -0.507 e. The average molecular weight is 404 g/mol. The SMILES string of the molecule is CCOc1cccc(C(O)=C2C(=O)C(=O)N(Cc3ccncc3)C2c2ccco2)c1. The van der Waals surface area contributed by atoms with E-state index in [1.54, 1.807) is 60.9 Å². The van der Waals surface area contributed by atoms with Crippen LogP contribution in [-0.2, 0) is 16.1 Å². The average Bonchev–Trinajstić information content (AvgIpc) is 3.37. The van der Waals surface area contributed by atoms with Crippen LogP contribution in [0, 0.1) is 0 Å². The number of furan rings is 1. The molecule has 0 spiro atoms. The van der Waals surface area contributed by atoms with Crippen molar-refractivity contribution in [1.82, 2.24) is 9.88 Å². The van der Waals surface area contributed by atoms with Gasteiger partial charge in [-0.3, -0.25) is 14.6 Å². The van der Waals surface area contributed by atoms with Crippen molar-refractivity contribution in [1.29, 1.82) is 0 Å². The maximum atomic E-state index is 12.9. The van der Waals surface area contributed by atoms with Crippen molar-refractivity contribution in [2.45, 2.75) is 19.5 Å². The van der Waals surface area contributed by atoms with E-state index in [4.69, 9.17) is 9.15 Å². The zero-order valence-corrected chi connectivity index (χ0v) is 16.3. The summed E-state index contributed by atoms with van der Waals surface area (Å²) in [6, 6.07) is 12.8. The highest BCUT2D eigenvalue weighted by Crippen LogP contribution is 2.40. The lowest BCUT2D eigenvalue weighted by Crippen LogP contribution is -2.29. The van der Waals surface area contributed by atoms with Crippen molar-refractivity contribution in [2.24, 2.45) is 0 Å². The van der Waals surface area contributed by atoms with Crippen LogP contribution in [0.15, 0.2) is 77.2 Å². The Balaban J connectivity index is 1.81. The zero-order valence-electron chi connectivity index (χ0n) is 16.3. The number of likely N-dealkylation sites (tertiary alicyclic amines) is 1. The number of rotatable bonds is 6. The summed E-state index contributed by atoms with van der Waals surface area (Å²) in [7, 11) is 0. The third kappa shape index (κ3) is 3.57. The van der Waals surface area contributed by atoms with Gasteiger partial charge in [-0.15, -0.1) is 0 Å². The molecular formula is C23H20N2O5. The molecule has 3 aromatic rings. The Hall–Kier alpha value is -3.87. The minimum absolute atomic E-state index is 0.0161. The summed E-state index contributed by atoms with van der Waals surface area (Å²) in [4.78, 5) is 31.2. The molecule has 4 rings (SSSR count). The fourth-order valence-electron chi connectivity index (χ4n) is 3.53. The highest BCUT2D eigenvalue weighted by Gasteiger charge is 2.47. The monoisotopic (exact) mass is 404 g/mol. The third-order valence-electron chi connectivity index (χ3n) is 4.87. The largest absolute Gasteiger partial charge is 0.507 e. The van der Waals surface area contributed by atoms with Crippen molar-refractivity contribution < 1.29 is 23.8 Å². The molecule has 1 aliphatic heterocycles. The van der Waals surface area contributed by atoms with Crippen molar-refractivity contribution in [2.75, 3.05) is 6.61 Å². The lowest BCUT2D eigenvalue weighted by molar-refractivity contribution is -0.140. The quantitative estimate of drug-likeness (QED) is 0.383. The second kappa shape index (κ2) is 8.24. The van der Waals surface area contributed by atoms with Crippen molar-refractivity contribution in [3.8, 4) is 5.75 Å². The van der Waals surface area contributed by atoms with Gasteiger partial charge in [0.25, 0.3) is 11.7 Å². The van der Waals surface area contributed by atoms with E-state index in [2.05, 4.69) is 4.98 Å². The number of nitrogens with zero attached hydrogens (tertiary/aromatic N) is 2. The van der Waals surface area contributed by atoms with Gasteiger partial charge in [0, 0.05) is 24.5 Å². The van der Waals surface area contributed by atoms with E-state index >= 15 is 0 Å². The number of ketones is 1. The van der Waals surface area contributed by atoms with Crippen molar-refractivity contribution in [3.63, 3.8) is 0 Å². The molecule has 0 bridgehead atoms. The molecule has 2 aromatic heterocycles. The van der Waals surface area contributed by atoms with Crippen LogP contribution in [0.4, 0.5) is 0 Å². The molecule has 1 unspecified atom stereocenters. The second-order valence-corrected chi connectivity index (χ2v) is 6.76. The molecule has 1 atom stereocenters. The molecule has 152 valence electrons. The number of ether oxygens (including phenoxy) is 1. The van der Waals surface area contributed by atoms with Gasteiger partial charge in [-0.2, -0.15) is 0 Å². The first-order valence-corrected chi connectivity index (χ1v) is 9.54. The topological polar surface area (TPSA) is 92.9 Å². The molecule has 1 N–H and O–H groups in total. The van der Waals surface area contributed by atoms with E-state index in [9.17, 15) is 14.7 Å².